The Balaban J connectivity index is 0.00000543. The molecule has 0 radical (unpaired) electrons. The maximum atomic E-state index is 6.75. The van der Waals surface area contributed by atoms with Crippen molar-refractivity contribution in [2.75, 3.05) is 9.80 Å². The first-order valence-electron chi connectivity index (χ1n) is 24.6. The predicted octanol–water partition coefficient (Wildman–Crippen LogP) is 16.5. The minimum absolute atomic E-state index is 0. The Labute approximate surface area is 441 Å². The van der Waals surface area contributed by atoms with Gasteiger partial charge in [-0.1, -0.05) is 196 Å². The van der Waals surface area contributed by atoms with E-state index in [0.29, 0.717) is 11.5 Å². The molecule has 2 aliphatic rings. The smallest absolute Gasteiger partial charge is 0.135 e. The molecule has 0 saturated heterocycles. The molecule has 9 aromatic carbocycles. The van der Waals surface area contributed by atoms with E-state index in [2.05, 4.69) is 267 Å². The molecular formula is C67H49N4OPt-3. The number of hydrogen-bond acceptors (Lipinski definition) is 4. The van der Waals surface area contributed by atoms with Crippen molar-refractivity contribution < 1.29 is 25.8 Å². The summed E-state index contributed by atoms with van der Waals surface area (Å²) in [6, 6.07) is 85.3. The Bertz CT molecular complexity index is 3770. The van der Waals surface area contributed by atoms with Gasteiger partial charge < -0.3 is 19.1 Å². The quantitative estimate of drug-likeness (QED) is 0.135. The number of aromatic nitrogens is 2. The molecule has 356 valence electrons. The van der Waals surface area contributed by atoms with Gasteiger partial charge in [0.15, 0.2) is 0 Å². The molecule has 0 bridgehead atoms. The van der Waals surface area contributed by atoms with E-state index in [-0.39, 0.29) is 26.5 Å². The molecule has 3 heterocycles. The fourth-order valence-corrected chi connectivity index (χ4v) is 11.1. The van der Waals surface area contributed by atoms with Crippen LogP contribution in [0, 0.1) is 18.8 Å². The molecule has 6 heteroatoms. The summed E-state index contributed by atoms with van der Waals surface area (Å²) in [7, 11) is 0. The molecule has 0 atom stereocenters. The Morgan fingerprint density at radius 1 is 0.507 bits per heavy atom. The zero-order valence-corrected chi connectivity index (χ0v) is 42.9. The molecule has 1 aliphatic carbocycles. The van der Waals surface area contributed by atoms with Crippen LogP contribution in [0.2, 0.25) is 0 Å². The third-order valence-corrected chi connectivity index (χ3v) is 14.4. The van der Waals surface area contributed by atoms with Crippen LogP contribution in [0.5, 0.6) is 11.5 Å². The van der Waals surface area contributed by atoms with Gasteiger partial charge in [-0.05, 0) is 91.5 Å². The van der Waals surface area contributed by atoms with Gasteiger partial charge in [0.05, 0.1) is 5.41 Å². The van der Waals surface area contributed by atoms with Crippen molar-refractivity contribution in [2.24, 2.45) is 0 Å². The van der Waals surface area contributed by atoms with Crippen LogP contribution in [0.25, 0.3) is 61.0 Å². The Morgan fingerprint density at radius 2 is 1.08 bits per heavy atom. The molecular weight excluding hydrogens is 1070 g/mol. The Hall–Kier alpha value is -8.24. The van der Waals surface area contributed by atoms with Crippen molar-refractivity contribution in [1.82, 2.24) is 9.55 Å². The van der Waals surface area contributed by atoms with E-state index < -0.39 is 5.41 Å². The van der Waals surface area contributed by atoms with Gasteiger partial charge in [0, 0.05) is 61.1 Å². The zero-order chi connectivity index (χ0) is 48.4. The number of fused-ring (bicyclic) bond motifs is 6. The number of hydrogen-bond donors (Lipinski definition) is 0. The molecule has 0 amide bonds. The van der Waals surface area contributed by atoms with Crippen LogP contribution < -0.4 is 14.5 Å². The van der Waals surface area contributed by atoms with Gasteiger partial charge in [0.25, 0.3) is 0 Å². The van der Waals surface area contributed by atoms with E-state index >= 15 is 0 Å². The summed E-state index contributed by atoms with van der Waals surface area (Å²) in [6.45, 7) is 8.85. The normalized spacial score (nSPS) is 13.5. The number of benzene rings is 9. The second-order valence-corrected chi connectivity index (χ2v) is 19.7. The molecule has 0 spiro atoms. The van der Waals surface area contributed by atoms with E-state index in [1.165, 1.54) is 38.9 Å². The number of pyridine rings is 1. The van der Waals surface area contributed by atoms with Crippen molar-refractivity contribution in [3.63, 3.8) is 0 Å². The molecule has 73 heavy (non-hydrogen) atoms. The Kier molecular flexibility index (Phi) is 11.6. The van der Waals surface area contributed by atoms with Gasteiger partial charge >= 0.3 is 0 Å². The number of nitrogens with zero attached hydrogens (tertiary/aromatic N) is 4. The van der Waals surface area contributed by atoms with Crippen LogP contribution in [0.3, 0.4) is 0 Å². The summed E-state index contributed by atoms with van der Waals surface area (Å²) in [4.78, 5) is 9.38. The van der Waals surface area contributed by atoms with Crippen LogP contribution >= 0.6 is 0 Å². The summed E-state index contributed by atoms with van der Waals surface area (Å²) in [5.41, 5.74) is 16.5. The van der Waals surface area contributed by atoms with Crippen molar-refractivity contribution >= 4 is 33.2 Å². The molecule has 5 nitrogen and oxygen atoms in total. The molecule has 0 unspecified atom stereocenters. The van der Waals surface area contributed by atoms with Gasteiger partial charge in [-0.15, -0.1) is 48.1 Å². The Morgan fingerprint density at radius 3 is 1.75 bits per heavy atom. The van der Waals surface area contributed by atoms with E-state index in [4.69, 9.17) is 9.72 Å². The summed E-state index contributed by atoms with van der Waals surface area (Å²) >= 11 is 0. The minimum Gasteiger partial charge on any atom is -0.509 e. The number of para-hydroxylation sites is 1. The van der Waals surface area contributed by atoms with Gasteiger partial charge in [0.1, 0.15) is 5.82 Å². The summed E-state index contributed by atoms with van der Waals surface area (Å²) in [5, 5.41) is 2.18. The monoisotopic (exact) mass is 1120 g/mol. The maximum absolute atomic E-state index is 6.75. The maximum Gasteiger partial charge on any atom is 0.135 e. The first-order valence-corrected chi connectivity index (χ1v) is 24.6. The largest absolute Gasteiger partial charge is 0.509 e. The number of rotatable bonds is 9. The zero-order valence-electron chi connectivity index (χ0n) is 40.6. The van der Waals surface area contributed by atoms with Gasteiger partial charge in [0.2, 0.25) is 0 Å². The summed E-state index contributed by atoms with van der Waals surface area (Å²) < 4.78 is 9.03. The van der Waals surface area contributed by atoms with E-state index in [1.807, 2.05) is 24.4 Å². The fraction of sp³-hybridized carbons (Fsp3) is 0.0746. The SMILES string of the molecule is CC(C)(C)c1ccnc(-n2c3[c-]c(Oc4[c-]c(N5C=CN(c6c(-c7ccccc7)cccc6-c6ccccc6)[CH-]5)ccc4)ccc3c3ccc(C4(c5ccccc5)c5ccccc5-c5ccccc54)cc32)c1.[Pt]. The van der Waals surface area contributed by atoms with Crippen molar-refractivity contribution in [3.8, 4) is 50.7 Å². The van der Waals surface area contributed by atoms with Crippen molar-refractivity contribution in [2.45, 2.75) is 31.6 Å². The van der Waals surface area contributed by atoms with Crippen LogP contribution in [0.15, 0.2) is 237 Å². The second-order valence-electron chi connectivity index (χ2n) is 19.7. The molecule has 0 fully saturated rings. The molecule has 11 aromatic rings. The molecule has 13 rings (SSSR count). The first kappa shape index (κ1) is 45.9. The third kappa shape index (κ3) is 7.78. The topological polar surface area (TPSA) is 33.5 Å². The molecule has 1 aliphatic heterocycles. The first-order chi connectivity index (χ1) is 35.3. The average Bonchev–Trinajstić information content (AvgIpc) is 4.13. The van der Waals surface area contributed by atoms with Crippen LogP contribution in [-0.4, -0.2) is 9.55 Å². The van der Waals surface area contributed by atoms with Gasteiger partial charge in [-0.25, -0.2) is 4.98 Å². The molecule has 2 aromatic heterocycles. The standard InChI is InChI=1S/C67H49N4O.Pt/c1-66(2,3)49-37-38-68-64(42-49)71-62-41-50(67(48-23-11-6-12-24-48)60-31-15-13-27-56(60)57-28-14-16-32-61(57)67)33-35-58(62)59-36-34-53(44-63(59)71)72-52-26-17-25-51(43-52)69-39-40-70(45-69)65-54(46-19-7-4-8-20-46)29-18-30-55(65)47-21-9-5-10-22-47;/h4-42,45H,1-3H3;/q-3;. The van der Waals surface area contributed by atoms with Gasteiger partial charge in [-0.2, -0.15) is 12.1 Å². The fourth-order valence-electron chi connectivity index (χ4n) is 11.1. The number of anilines is 2. The summed E-state index contributed by atoms with van der Waals surface area (Å²) in [6.07, 6.45) is 6.11. The van der Waals surface area contributed by atoms with E-state index in [0.717, 1.165) is 61.3 Å². The summed E-state index contributed by atoms with van der Waals surface area (Å²) in [5.74, 6) is 1.99. The second kappa shape index (κ2) is 18.4. The van der Waals surface area contributed by atoms with E-state index in [9.17, 15) is 0 Å². The predicted molar refractivity (Wildman–Crippen MR) is 294 cm³/mol. The minimum atomic E-state index is -0.558. The van der Waals surface area contributed by atoms with Crippen LogP contribution in [-0.2, 0) is 31.9 Å². The molecule has 0 N–H and O–H groups in total. The van der Waals surface area contributed by atoms with Crippen LogP contribution in [0.1, 0.15) is 48.6 Å². The van der Waals surface area contributed by atoms with E-state index in [1.54, 1.807) is 0 Å². The van der Waals surface area contributed by atoms with Crippen molar-refractivity contribution in [3.05, 3.63) is 284 Å². The van der Waals surface area contributed by atoms with Crippen LogP contribution in [0.4, 0.5) is 11.4 Å². The van der Waals surface area contributed by atoms with Crippen molar-refractivity contribution in [1.29, 1.82) is 0 Å². The molecule has 0 saturated carbocycles. The number of ether oxygens (including phenoxy) is 1. The third-order valence-electron chi connectivity index (χ3n) is 14.4. The van der Waals surface area contributed by atoms with Gasteiger partial charge in [-0.3, -0.25) is 0 Å². The average molecular weight is 1120 g/mol.